The molecule has 82 valence electrons. The number of hydrogen-bond donors (Lipinski definition) is 2. The van der Waals surface area contributed by atoms with Crippen molar-refractivity contribution in [2.45, 2.75) is 6.54 Å². The van der Waals surface area contributed by atoms with E-state index in [0.29, 0.717) is 18.2 Å². The molecule has 8 heteroatoms. The first-order valence-electron chi connectivity index (χ1n) is 4.44. The molecule has 2 rings (SSSR count). The lowest BCUT2D eigenvalue weighted by Gasteiger charge is -2.01. The highest BCUT2D eigenvalue weighted by Crippen LogP contribution is 2.14. The van der Waals surface area contributed by atoms with Crippen LogP contribution in [0.5, 0.6) is 0 Å². The molecule has 16 heavy (non-hydrogen) atoms. The van der Waals surface area contributed by atoms with Crippen LogP contribution in [-0.2, 0) is 6.54 Å². The minimum Gasteiger partial charge on any atom is -0.363 e. The molecule has 2 N–H and O–H groups in total. The predicted molar refractivity (Wildman–Crippen MR) is 54.6 cm³/mol. The average molecular weight is 220 g/mol. The summed E-state index contributed by atoms with van der Waals surface area (Å²) in [5.41, 5.74) is -0.00456. The topological polar surface area (TPSA) is 110 Å². The van der Waals surface area contributed by atoms with Crippen molar-refractivity contribution in [3.8, 4) is 0 Å². The van der Waals surface area contributed by atoms with E-state index in [1.807, 2.05) is 0 Å². The largest absolute Gasteiger partial charge is 0.363 e. The van der Waals surface area contributed by atoms with Crippen molar-refractivity contribution >= 4 is 11.5 Å². The molecule has 0 unspecified atom stereocenters. The zero-order valence-electron chi connectivity index (χ0n) is 8.12. The van der Waals surface area contributed by atoms with Gasteiger partial charge in [-0.1, -0.05) is 0 Å². The Morgan fingerprint density at radius 1 is 1.50 bits per heavy atom. The fraction of sp³-hybridized carbons (Fsp3) is 0.125. The van der Waals surface area contributed by atoms with Crippen LogP contribution in [0, 0.1) is 10.1 Å². The normalized spacial score (nSPS) is 10.0. The van der Waals surface area contributed by atoms with Gasteiger partial charge in [0.1, 0.15) is 18.0 Å². The zero-order chi connectivity index (χ0) is 11.4. The van der Waals surface area contributed by atoms with E-state index >= 15 is 0 Å². The molecule has 2 aromatic heterocycles. The molecule has 0 aliphatic carbocycles. The fourth-order valence-corrected chi connectivity index (χ4v) is 1.12. The first kappa shape index (κ1) is 10.0. The van der Waals surface area contributed by atoms with Gasteiger partial charge in [0.15, 0.2) is 0 Å². The summed E-state index contributed by atoms with van der Waals surface area (Å²) in [6, 6.07) is 2.69. The number of rotatable bonds is 4. The minimum atomic E-state index is -0.471. The number of nitro groups is 1. The zero-order valence-corrected chi connectivity index (χ0v) is 8.12. The molecule has 0 fully saturated rings. The summed E-state index contributed by atoms with van der Waals surface area (Å²) >= 11 is 0. The maximum absolute atomic E-state index is 10.5. The summed E-state index contributed by atoms with van der Waals surface area (Å²) < 4.78 is 0. The van der Waals surface area contributed by atoms with Crippen LogP contribution in [0.2, 0.25) is 0 Å². The monoisotopic (exact) mass is 220 g/mol. The van der Waals surface area contributed by atoms with Gasteiger partial charge in [-0.3, -0.25) is 15.2 Å². The van der Waals surface area contributed by atoms with E-state index in [1.54, 1.807) is 0 Å². The second-order valence-electron chi connectivity index (χ2n) is 2.94. The Kier molecular flexibility index (Phi) is 2.72. The van der Waals surface area contributed by atoms with Crippen LogP contribution < -0.4 is 5.32 Å². The number of aromatic nitrogens is 4. The summed E-state index contributed by atoms with van der Waals surface area (Å²) in [5.74, 6) is 1.05. The molecule has 0 atom stereocenters. The Hall–Kier alpha value is -2.51. The minimum absolute atomic E-state index is 0.00456. The van der Waals surface area contributed by atoms with E-state index < -0.39 is 4.92 Å². The van der Waals surface area contributed by atoms with Crippen LogP contribution in [0.25, 0.3) is 0 Å². The third-order valence-corrected chi connectivity index (χ3v) is 1.86. The van der Waals surface area contributed by atoms with Crippen molar-refractivity contribution in [3.05, 3.63) is 40.6 Å². The fourth-order valence-electron chi connectivity index (χ4n) is 1.12. The summed E-state index contributed by atoms with van der Waals surface area (Å²) in [6.07, 6.45) is 2.76. The first-order chi connectivity index (χ1) is 7.75. The Morgan fingerprint density at radius 2 is 2.38 bits per heavy atom. The van der Waals surface area contributed by atoms with Gasteiger partial charge in [0.05, 0.1) is 17.5 Å². The summed E-state index contributed by atoms with van der Waals surface area (Å²) in [7, 11) is 0. The highest BCUT2D eigenvalue weighted by atomic mass is 16.6. The molecule has 0 aliphatic heterocycles. The lowest BCUT2D eigenvalue weighted by molar-refractivity contribution is -0.384. The van der Waals surface area contributed by atoms with E-state index in [0.717, 1.165) is 0 Å². The van der Waals surface area contributed by atoms with Crippen molar-refractivity contribution in [3.63, 3.8) is 0 Å². The second-order valence-corrected chi connectivity index (χ2v) is 2.94. The number of pyridine rings is 1. The van der Waals surface area contributed by atoms with E-state index in [2.05, 4.69) is 25.5 Å². The lowest BCUT2D eigenvalue weighted by Crippen LogP contribution is -2.03. The Labute approximate surface area is 89.9 Å². The van der Waals surface area contributed by atoms with Gasteiger partial charge in [0, 0.05) is 12.3 Å². The molecule has 0 saturated carbocycles. The van der Waals surface area contributed by atoms with Crippen LogP contribution in [0.15, 0.2) is 24.7 Å². The van der Waals surface area contributed by atoms with E-state index in [-0.39, 0.29) is 5.69 Å². The molecule has 0 bridgehead atoms. The Bertz CT molecular complexity index is 483. The van der Waals surface area contributed by atoms with Gasteiger partial charge in [0.25, 0.3) is 5.69 Å². The third-order valence-electron chi connectivity index (χ3n) is 1.86. The molecule has 2 heterocycles. The number of aromatic amines is 1. The molecular formula is C8H8N6O2. The van der Waals surface area contributed by atoms with Gasteiger partial charge in [-0.05, 0) is 0 Å². The second kappa shape index (κ2) is 4.34. The van der Waals surface area contributed by atoms with E-state index in [4.69, 9.17) is 0 Å². The molecule has 2 aromatic rings. The quantitative estimate of drug-likeness (QED) is 0.580. The number of anilines is 1. The molecule has 0 aliphatic rings. The Morgan fingerprint density at radius 3 is 3.06 bits per heavy atom. The lowest BCUT2D eigenvalue weighted by atomic mass is 10.4. The smallest absolute Gasteiger partial charge is 0.274 e. The highest BCUT2D eigenvalue weighted by Gasteiger charge is 2.06. The Balaban J connectivity index is 2.04. The van der Waals surface area contributed by atoms with Gasteiger partial charge in [0.2, 0.25) is 0 Å². The summed E-state index contributed by atoms with van der Waals surface area (Å²) in [5, 5.41) is 19.7. The van der Waals surface area contributed by atoms with Crippen LogP contribution in [0.4, 0.5) is 11.5 Å². The number of H-pyrrole nitrogens is 1. The molecular weight excluding hydrogens is 212 g/mol. The molecule has 0 spiro atoms. The van der Waals surface area contributed by atoms with Gasteiger partial charge < -0.3 is 5.32 Å². The molecule has 0 aromatic carbocycles. The first-order valence-corrected chi connectivity index (χ1v) is 4.44. The van der Waals surface area contributed by atoms with Crippen molar-refractivity contribution in [2.24, 2.45) is 0 Å². The maximum atomic E-state index is 10.5. The number of nitrogens with one attached hydrogen (secondary N) is 2. The third kappa shape index (κ3) is 2.29. The van der Waals surface area contributed by atoms with E-state index in [9.17, 15) is 10.1 Å². The predicted octanol–water partition coefficient (Wildman–Crippen LogP) is 0.720. The van der Waals surface area contributed by atoms with Crippen molar-refractivity contribution in [1.82, 2.24) is 20.2 Å². The summed E-state index contributed by atoms with van der Waals surface area (Å²) in [6.45, 7) is 0.383. The van der Waals surface area contributed by atoms with E-state index in [1.165, 1.54) is 24.7 Å². The standard InChI is InChI=1S/C8H8N6O2/c15-14(16)6-1-2-9-7(3-6)10-4-8-11-5-12-13-8/h1-3,5H,4H2,(H,9,10)(H,11,12,13). The molecule has 0 amide bonds. The average Bonchev–Trinajstić information content (AvgIpc) is 2.79. The van der Waals surface area contributed by atoms with Gasteiger partial charge >= 0.3 is 0 Å². The van der Waals surface area contributed by atoms with Crippen molar-refractivity contribution in [2.75, 3.05) is 5.32 Å². The maximum Gasteiger partial charge on any atom is 0.274 e. The van der Waals surface area contributed by atoms with Gasteiger partial charge in [-0.2, -0.15) is 5.10 Å². The van der Waals surface area contributed by atoms with Crippen molar-refractivity contribution in [1.29, 1.82) is 0 Å². The number of hydrogen-bond acceptors (Lipinski definition) is 6. The van der Waals surface area contributed by atoms with Crippen LogP contribution in [0.1, 0.15) is 5.82 Å². The van der Waals surface area contributed by atoms with Crippen LogP contribution in [0.3, 0.4) is 0 Å². The highest BCUT2D eigenvalue weighted by molar-refractivity contribution is 5.44. The van der Waals surface area contributed by atoms with Crippen molar-refractivity contribution < 1.29 is 4.92 Å². The molecule has 0 saturated heterocycles. The van der Waals surface area contributed by atoms with Crippen LogP contribution >= 0.6 is 0 Å². The van der Waals surface area contributed by atoms with Gasteiger partial charge in [-0.15, -0.1) is 0 Å². The van der Waals surface area contributed by atoms with Gasteiger partial charge in [-0.25, -0.2) is 9.97 Å². The number of nitrogens with zero attached hydrogens (tertiary/aromatic N) is 4. The van der Waals surface area contributed by atoms with Crippen LogP contribution in [-0.4, -0.2) is 25.1 Å². The summed E-state index contributed by atoms with van der Waals surface area (Å²) in [4.78, 5) is 17.9. The SMILES string of the molecule is O=[N+]([O-])c1ccnc(NCc2ncn[nH]2)c1. The molecule has 0 radical (unpaired) electrons. The molecule has 8 nitrogen and oxygen atoms in total.